The van der Waals surface area contributed by atoms with Crippen molar-refractivity contribution >= 4 is 22.0 Å². The molecule has 1 aromatic rings. The molecule has 0 saturated heterocycles. The Balaban J connectivity index is 2.07. The molecule has 2 rings (SSSR count). The summed E-state index contributed by atoms with van der Waals surface area (Å²) in [5, 5.41) is 9.21. The summed E-state index contributed by atoms with van der Waals surface area (Å²) >= 11 is 0. The minimum atomic E-state index is -3.95. The number of aliphatic imine (C=N–C) groups is 1. The van der Waals surface area contributed by atoms with E-state index in [0.29, 0.717) is 25.2 Å². The van der Waals surface area contributed by atoms with E-state index in [2.05, 4.69) is 9.71 Å². The highest BCUT2D eigenvalue weighted by Gasteiger charge is 2.26. The van der Waals surface area contributed by atoms with E-state index in [9.17, 15) is 18.3 Å². The first-order valence-electron chi connectivity index (χ1n) is 7.36. The van der Waals surface area contributed by atoms with Crippen LogP contribution in [-0.4, -0.2) is 44.6 Å². The molecule has 1 aromatic carbocycles. The topological polar surface area (TPSA) is 157 Å². The molecule has 0 amide bonds. The smallest absolute Gasteiger partial charge is 0.321 e. The fourth-order valence-corrected chi connectivity index (χ4v) is 3.60. The summed E-state index contributed by atoms with van der Waals surface area (Å²) in [7, 11) is -3.95. The summed E-state index contributed by atoms with van der Waals surface area (Å²) in [6, 6.07) is 3.22. The van der Waals surface area contributed by atoms with Gasteiger partial charge in [0.2, 0.25) is 10.0 Å². The maximum atomic E-state index is 12.4. The summed E-state index contributed by atoms with van der Waals surface area (Å²) in [6.07, 6.45) is 1.02. The lowest BCUT2D eigenvalue weighted by Gasteiger charge is -2.15. The van der Waals surface area contributed by atoms with E-state index in [4.69, 9.17) is 16.2 Å². The predicted octanol–water partition coefficient (Wildman–Crippen LogP) is -0.593. The van der Waals surface area contributed by atoms with Gasteiger partial charge in [-0.15, -0.1) is 0 Å². The number of carbonyl (C=O) groups is 1. The third-order valence-electron chi connectivity index (χ3n) is 3.51. The number of nitrogens with two attached hydrogens (primary N) is 2. The number of rotatable bonds is 8. The lowest BCUT2D eigenvalue weighted by molar-refractivity contribution is -0.139. The number of carboxylic acid groups (broad SMARTS) is 1. The maximum absolute atomic E-state index is 12.4. The second kappa shape index (κ2) is 7.49. The van der Waals surface area contributed by atoms with E-state index >= 15 is 0 Å². The first kappa shape index (κ1) is 18.0. The van der Waals surface area contributed by atoms with Crippen LogP contribution in [0.2, 0.25) is 0 Å². The van der Waals surface area contributed by atoms with Crippen molar-refractivity contribution in [2.75, 3.05) is 13.2 Å². The Kier molecular flexibility index (Phi) is 5.62. The van der Waals surface area contributed by atoms with Crippen LogP contribution in [0.1, 0.15) is 18.4 Å². The van der Waals surface area contributed by atoms with E-state index < -0.39 is 22.0 Å². The first-order chi connectivity index (χ1) is 11.3. The van der Waals surface area contributed by atoms with Crippen LogP contribution in [0.3, 0.4) is 0 Å². The average molecular weight is 356 g/mol. The molecule has 9 nitrogen and oxygen atoms in total. The molecule has 1 aliphatic rings. The Labute approximate surface area is 139 Å². The van der Waals surface area contributed by atoms with Gasteiger partial charge in [0, 0.05) is 13.0 Å². The largest absolute Gasteiger partial charge is 0.493 e. The predicted molar refractivity (Wildman–Crippen MR) is 87.3 cm³/mol. The van der Waals surface area contributed by atoms with Crippen molar-refractivity contribution in [1.82, 2.24) is 4.72 Å². The van der Waals surface area contributed by atoms with Gasteiger partial charge in [0.25, 0.3) is 0 Å². The van der Waals surface area contributed by atoms with Crippen LogP contribution in [0, 0.1) is 0 Å². The average Bonchev–Trinajstić information content (AvgIpc) is 2.97. The maximum Gasteiger partial charge on any atom is 0.321 e. The molecular formula is C14H20N4O5S. The number of carboxylic acids is 1. The third-order valence-corrected chi connectivity index (χ3v) is 4.98. The van der Waals surface area contributed by atoms with Gasteiger partial charge in [0.05, 0.1) is 11.5 Å². The van der Waals surface area contributed by atoms with Gasteiger partial charge in [0.1, 0.15) is 11.8 Å². The zero-order chi connectivity index (χ0) is 17.7. The minimum absolute atomic E-state index is 0.0159. The summed E-state index contributed by atoms with van der Waals surface area (Å²) in [5.74, 6) is -0.698. The lowest BCUT2D eigenvalue weighted by atomic mass is 10.2. The number of guanidine groups is 1. The zero-order valence-electron chi connectivity index (χ0n) is 12.9. The molecule has 0 aliphatic carbocycles. The van der Waals surface area contributed by atoms with Gasteiger partial charge < -0.3 is 21.3 Å². The highest BCUT2D eigenvalue weighted by atomic mass is 32.2. The Morgan fingerprint density at radius 2 is 2.17 bits per heavy atom. The van der Waals surface area contributed by atoms with Crippen molar-refractivity contribution in [3.63, 3.8) is 0 Å². The van der Waals surface area contributed by atoms with Gasteiger partial charge in [-0.1, -0.05) is 0 Å². The Hall–Kier alpha value is -2.33. The molecule has 0 fully saturated rings. The molecule has 1 aliphatic heterocycles. The number of nitrogens with one attached hydrogen (secondary N) is 1. The van der Waals surface area contributed by atoms with Crippen LogP contribution in [0.15, 0.2) is 28.1 Å². The van der Waals surface area contributed by atoms with Crippen molar-refractivity contribution in [1.29, 1.82) is 0 Å². The molecule has 0 aromatic heterocycles. The van der Waals surface area contributed by atoms with Crippen LogP contribution >= 0.6 is 0 Å². The van der Waals surface area contributed by atoms with Crippen LogP contribution < -0.4 is 20.9 Å². The molecule has 0 radical (unpaired) electrons. The zero-order valence-corrected chi connectivity index (χ0v) is 13.8. The van der Waals surface area contributed by atoms with Gasteiger partial charge in [-0.05, 0) is 36.6 Å². The number of benzene rings is 1. The quantitative estimate of drug-likeness (QED) is 0.275. The molecule has 0 saturated carbocycles. The molecule has 132 valence electrons. The SMILES string of the molecule is NC(N)=NCCC[C@H](NS(=O)(=O)c1ccc2c(c1)CCO2)C(=O)O. The molecule has 24 heavy (non-hydrogen) atoms. The molecule has 6 N–H and O–H groups in total. The number of sulfonamides is 1. The van der Waals surface area contributed by atoms with Crippen LogP contribution in [-0.2, 0) is 21.2 Å². The second-order valence-electron chi connectivity index (χ2n) is 5.33. The molecular weight excluding hydrogens is 336 g/mol. The summed E-state index contributed by atoms with van der Waals surface area (Å²) in [5.41, 5.74) is 11.2. The van der Waals surface area contributed by atoms with Crippen LogP contribution in [0.25, 0.3) is 0 Å². The Bertz CT molecular complexity index is 744. The Morgan fingerprint density at radius 3 is 2.83 bits per heavy atom. The van der Waals surface area contributed by atoms with E-state index in [1.807, 2.05) is 0 Å². The number of hydrogen-bond acceptors (Lipinski definition) is 5. The molecule has 0 unspecified atom stereocenters. The molecule has 1 heterocycles. The number of ether oxygens (including phenoxy) is 1. The van der Waals surface area contributed by atoms with Crippen molar-refractivity contribution < 1.29 is 23.1 Å². The van der Waals surface area contributed by atoms with Crippen molar-refractivity contribution in [2.45, 2.75) is 30.2 Å². The van der Waals surface area contributed by atoms with E-state index in [0.717, 1.165) is 5.56 Å². The number of fused-ring (bicyclic) bond motifs is 1. The standard InChI is InChI=1S/C14H20N4O5S/c15-14(16)17-6-1-2-11(13(19)20)18-24(21,22)10-3-4-12-9(8-10)5-7-23-12/h3-4,8,11,18H,1-2,5-7H2,(H,19,20)(H4,15,16,17)/t11-/m0/s1. The number of nitrogens with zero attached hydrogens (tertiary/aromatic N) is 1. The molecule has 0 bridgehead atoms. The lowest BCUT2D eigenvalue weighted by Crippen LogP contribution is -2.40. The summed E-state index contributed by atoms with van der Waals surface area (Å²) in [4.78, 5) is 15.0. The molecule has 10 heteroatoms. The van der Waals surface area contributed by atoms with Crippen molar-refractivity contribution in [3.05, 3.63) is 23.8 Å². The van der Waals surface area contributed by atoms with Gasteiger partial charge in [-0.3, -0.25) is 9.79 Å². The van der Waals surface area contributed by atoms with Crippen LogP contribution in [0.5, 0.6) is 5.75 Å². The summed E-state index contributed by atoms with van der Waals surface area (Å²) in [6.45, 7) is 0.735. The van der Waals surface area contributed by atoms with Gasteiger partial charge >= 0.3 is 5.97 Å². The monoisotopic (exact) mass is 356 g/mol. The van der Waals surface area contributed by atoms with Crippen LogP contribution in [0.4, 0.5) is 0 Å². The minimum Gasteiger partial charge on any atom is -0.493 e. The summed E-state index contributed by atoms with van der Waals surface area (Å²) < 4.78 is 32.3. The molecule has 1 atom stereocenters. The highest BCUT2D eigenvalue weighted by Crippen LogP contribution is 2.27. The fourth-order valence-electron chi connectivity index (χ4n) is 2.32. The number of aliphatic carboxylic acids is 1. The van der Waals surface area contributed by atoms with Gasteiger partial charge in [0.15, 0.2) is 5.96 Å². The van der Waals surface area contributed by atoms with E-state index in [1.165, 1.54) is 12.1 Å². The second-order valence-corrected chi connectivity index (χ2v) is 7.04. The highest BCUT2D eigenvalue weighted by molar-refractivity contribution is 7.89. The molecule has 0 spiro atoms. The number of hydrogen-bond donors (Lipinski definition) is 4. The first-order valence-corrected chi connectivity index (χ1v) is 8.84. The van der Waals surface area contributed by atoms with Crippen molar-refractivity contribution in [2.24, 2.45) is 16.5 Å². The van der Waals surface area contributed by atoms with Gasteiger partial charge in [-0.2, -0.15) is 4.72 Å². The normalized spacial score (nSPS) is 14.5. The van der Waals surface area contributed by atoms with Gasteiger partial charge in [-0.25, -0.2) is 8.42 Å². The van der Waals surface area contributed by atoms with Crippen molar-refractivity contribution in [3.8, 4) is 5.75 Å². The Morgan fingerprint density at radius 1 is 1.42 bits per heavy atom. The fraction of sp³-hybridized carbons (Fsp3) is 0.429. The third kappa shape index (κ3) is 4.59. The van der Waals surface area contributed by atoms with E-state index in [1.54, 1.807) is 6.07 Å². The van der Waals surface area contributed by atoms with E-state index in [-0.39, 0.29) is 23.8 Å².